The lowest BCUT2D eigenvalue weighted by atomic mass is 10.1. The Morgan fingerprint density at radius 2 is 2.21 bits per heavy atom. The van der Waals surface area contributed by atoms with Crippen molar-refractivity contribution in [3.8, 4) is 0 Å². The fourth-order valence-corrected chi connectivity index (χ4v) is 2.26. The van der Waals surface area contributed by atoms with Crippen molar-refractivity contribution in [1.29, 1.82) is 0 Å². The summed E-state index contributed by atoms with van der Waals surface area (Å²) >= 11 is 0. The highest BCUT2D eigenvalue weighted by molar-refractivity contribution is 5.94. The fraction of sp³-hybridized carbons (Fsp3) is 0.154. The molecule has 0 spiro atoms. The van der Waals surface area contributed by atoms with E-state index in [-0.39, 0.29) is 17.2 Å². The van der Waals surface area contributed by atoms with Gasteiger partial charge in [-0.05, 0) is 30.2 Å². The number of carboxylic acid groups (broad SMARTS) is 1. The first-order valence-electron chi connectivity index (χ1n) is 5.78. The van der Waals surface area contributed by atoms with Crippen molar-refractivity contribution >= 4 is 17.5 Å². The third kappa shape index (κ3) is 1.91. The van der Waals surface area contributed by atoms with Crippen LogP contribution in [0.5, 0.6) is 0 Å². The third-order valence-corrected chi connectivity index (χ3v) is 3.13. The summed E-state index contributed by atoms with van der Waals surface area (Å²) in [4.78, 5) is 12.9. The van der Waals surface area contributed by atoms with Gasteiger partial charge in [-0.25, -0.2) is 9.18 Å². The molecule has 96 valence electrons. The second kappa shape index (κ2) is 4.31. The van der Waals surface area contributed by atoms with Gasteiger partial charge in [-0.1, -0.05) is 6.07 Å². The van der Waals surface area contributed by atoms with Gasteiger partial charge in [0, 0.05) is 12.2 Å². The number of nitrogens with zero attached hydrogens (tertiary/aromatic N) is 3. The minimum absolute atomic E-state index is 0.0621. The van der Waals surface area contributed by atoms with Crippen molar-refractivity contribution < 1.29 is 14.3 Å². The van der Waals surface area contributed by atoms with Crippen LogP contribution in [-0.4, -0.2) is 27.8 Å². The highest BCUT2D eigenvalue weighted by atomic mass is 19.1. The Balaban J connectivity index is 2.11. The van der Waals surface area contributed by atoms with Gasteiger partial charge in [-0.3, -0.25) is 0 Å². The van der Waals surface area contributed by atoms with Crippen LogP contribution in [0.25, 0.3) is 0 Å². The molecule has 0 aliphatic carbocycles. The van der Waals surface area contributed by atoms with Gasteiger partial charge in [0.2, 0.25) is 0 Å². The molecule has 6 heteroatoms. The number of rotatable bonds is 2. The van der Waals surface area contributed by atoms with Crippen LogP contribution in [0, 0.1) is 5.82 Å². The minimum atomic E-state index is -1.07. The zero-order valence-corrected chi connectivity index (χ0v) is 9.88. The molecule has 0 atom stereocenters. The summed E-state index contributed by atoms with van der Waals surface area (Å²) in [5, 5.41) is 16.8. The third-order valence-electron chi connectivity index (χ3n) is 3.13. The van der Waals surface area contributed by atoms with E-state index in [1.54, 1.807) is 11.0 Å². The van der Waals surface area contributed by atoms with Gasteiger partial charge in [-0.15, -0.1) is 5.10 Å². The molecule has 1 aliphatic rings. The van der Waals surface area contributed by atoms with Gasteiger partial charge in [0.05, 0.1) is 6.20 Å². The zero-order valence-electron chi connectivity index (χ0n) is 9.88. The van der Waals surface area contributed by atoms with Crippen LogP contribution >= 0.6 is 0 Å². The number of carbonyl (C=O) groups is 1. The van der Waals surface area contributed by atoms with Crippen LogP contribution in [0.15, 0.2) is 30.5 Å². The van der Waals surface area contributed by atoms with Crippen LogP contribution < -0.4 is 4.90 Å². The summed E-state index contributed by atoms with van der Waals surface area (Å²) in [5.41, 5.74) is 1.69. The molecule has 2 aromatic rings. The predicted octanol–water partition coefficient (Wildman–Crippen LogP) is 2.01. The average molecular weight is 259 g/mol. The fourth-order valence-electron chi connectivity index (χ4n) is 2.26. The summed E-state index contributed by atoms with van der Waals surface area (Å²) in [6.07, 6.45) is 2.06. The lowest BCUT2D eigenvalue weighted by Gasteiger charge is -2.19. The first-order valence-corrected chi connectivity index (χ1v) is 5.78. The maximum absolute atomic E-state index is 13.3. The molecule has 1 aliphatic heterocycles. The molecule has 3 rings (SSSR count). The number of benzene rings is 1. The smallest absolute Gasteiger partial charge is 0.339 e. The topological polar surface area (TPSA) is 66.3 Å². The molecular weight excluding hydrogens is 249 g/mol. The second-order valence-corrected chi connectivity index (χ2v) is 4.25. The number of hydrogen-bond donors (Lipinski definition) is 1. The van der Waals surface area contributed by atoms with E-state index in [2.05, 4.69) is 10.2 Å². The molecule has 2 heterocycles. The molecule has 1 N–H and O–H groups in total. The Kier molecular flexibility index (Phi) is 2.63. The van der Waals surface area contributed by atoms with Crippen molar-refractivity contribution in [2.24, 2.45) is 0 Å². The standard InChI is InChI=1S/C13H10FN3O2/c14-9-2-1-8-4-6-17(11(8)7-9)12-10(13(18)19)3-5-15-16-12/h1-3,5,7H,4,6H2,(H,18,19). The van der Waals surface area contributed by atoms with Gasteiger partial charge in [-0.2, -0.15) is 5.10 Å². The van der Waals surface area contributed by atoms with Crippen LogP contribution in [0.2, 0.25) is 0 Å². The molecule has 0 saturated carbocycles. The maximum Gasteiger partial charge on any atom is 0.339 e. The molecule has 0 amide bonds. The molecule has 0 bridgehead atoms. The normalized spacial score (nSPS) is 13.4. The van der Waals surface area contributed by atoms with Crippen molar-refractivity contribution in [2.75, 3.05) is 11.4 Å². The highest BCUT2D eigenvalue weighted by Gasteiger charge is 2.26. The van der Waals surface area contributed by atoms with E-state index in [9.17, 15) is 9.18 Å². The predicted molar refractivity (Wildman–Crippen MR) is 66.1 cm³/mol. The molecular formula is C13H10FN3O2. The minimum Gasteiger partial charge on any atom is -0.478 e. The molecule has 0 radical (unpaired) electrons. The zero-order chi connectivity index (χ0) is 13.4. The SMILES string of the molecule is O=C(O)c1ccnnc1N1CCc2ccc(F)cc21. The number of fused-ring (bicyclic) bond motifs is 1. The molecule has 5 nitrogen and oxygen atoms in total. The molecule has 0 fully saturated rings. The number of halogens is 1. The van der Waals surface area contributed by atoms with E-state index in [1.807, 2.05) is 0 Å². The number of carboxylic acids is 1. The molecule has 0 unspecified atom stereocenters. The lowest BCUT2D eigenvalue weighted by molar-refractivity contribution is 0.0697. The van der Waals surface area contributed by atoms with Crippen LogP contribution in [0.4, 0.5) is 15.9 Å². The molecule has 0 saturated heterocycles. The monoisotopic (exact) mass is 259 g/mol. The van der Waals surface area contributed by atoms with Crippen molar-refractivity contribution in [3.05, 3.63) is 47.4 Å². The Hall–Kier alpha value is -2.50. The summed E-state index contributed by atoms with van der Waals surface area (Å²) in [6.45, 7) is 0.567. The number of anilines is 2. The van der Waals surface area contributed by atoms with Crippen molar-refractivity contribution in [3.63, 3.8) is 0 Å². The van der Waals surface area contributed by atoms with E-state index in [4.69, 9.17) is 5.11 Å². The summed E-state index contributed by atoms with van der Waals surface area (Å²) in [6, 6.07) is 5.89. The summed E-state index contributed by atoms with van der Waals surface area (Å²) in [7, 11) is 0. The Morgan fingerprint density at radius 1 is 1.37 bits per heavy atom. The van der Waals surface area contributed by atoms with Gasteiger partial charge in [0.15, 0.2) is 5.82 Å². The Morgan fingerprint density at radius 3 is 3.00 bits per heavy atom. The number of aromatic carboxylic acids is 1. The van der Waals surface area contributed by atoms with Crippen LogP contribution in [0.1, 0.15) is 15.9 Å². The Labute approximate surface area is 108 Å². The maximum atomic E-state index is 13.3. The largest absolute Gasteiger partial charge is 0.478 e. The van der Waals surface area contributed by atoms with E-state index >= 15 is 0 Å². The molecule has 1 aromatic heterocycles. The molecule has 19 heavy (non-hydrogen) atoms. The van der Waals surface area contributed by atoms with E-state index in [0.29, 0.717) is 12.2 Å². The highest BCUT2D eigenvalue weighted by Crippen LogP contribution is 2.35. The van der Waals surface area contributed by atoms with Gasteiger partial charge < -0.3 is 10.0 Å². The lowest BCUT2D eigenvalue weighted by Crippen LogP contribution is -2.19. The second-order valence-electron chi connectivity index (χ2n) is 4.25. The number of hydrogen-bond acceptors (Lipinski definition) is 4. The van der Waals surface area contributed by atoms with E-state index < -0.39 is 5.97 Å². The van der Waals surface area contributed by atoms with Gasteiger partial charge >= 0.3 is 5.97 Å². The van der Waals surface area contributed by atoms with Crippen LogP contribution in [-0.2, 0) is 6.42 Å². The summed E-state index contributed by atoms with van der Waals surface area (Å²) in [5.74, 6) is -1.18. The first-order chi connectivity index (χ1) is 9.16. The molecule has 1 aromatic carbocycles. The first kappa shape index (κ1) is 11.6. The van der Waals surface area contributed by atoms with Gasteiger partial charge in [0.1, 0.15) is 11.4 Å². The number of aromatic nitrogens is 2. The van der Waals surface area contributed by atoms with Crippen molar-refractivity contribution in [1.82, 2.24) is 10.2 Å². The van der Waals surface area contributed by atoms with Gasteiger partial charge in [0.25, 0.3) is 0 Å². The van der Waals surface area contributed by atoms with E-state index in [1.165, 1.54) is 24.4 Å². The quantitative estimate of drug-likeness (QED) is 0.893. The summed E-state index contributed by atoms with van der Waals surface area (Å²) < 4.78 is 13.3. The Bertz CT molecular complexity index is 660. The van der Waals surface area contributed by atoms with Crippen LogP contribution in [0.3, 0.4) is 0 Å². The van der Waals surface area contributed by atoms with Crippen molar-refractivity contribution in [2.45, 2.75) is 6.42 Å². The average Bonchev–Trinajstić information content (AvgIpc) is 2.81. The van der Waals surface area contributed by atoms with E-state index in [0.717, 1.165) is 12.0 Å².